The summed E-state index contributed by atoms with van der Waals surface area (Å²) in [6.07, 6.45) is 0. The van der Waals surface area contributed by atoms with Gasteiger partial charge in [0.25, 0.3) is 0 Å². The number of hydrogen-bond acceptors (Lipinski definition) is 3. The summed E-state index contributed by atoms with van der Waals surface area (Å²) in [6.45, 7) is 0. The molecule has 0 aromatic rings. The molecule has 0 amide bonds. The van der Waals surface area contributed by atoms with Crippen LogP contribution in [0.1, 0.15) is 0 Å². The van der Waals surface area contributed by atoms with Crippen molar-refractivity contribution >= 4 is 34.2 Å². The van der Waals surface area contributed by atoms with Crippen LogP contribution in [0.4, 0.5) is 0 Å². The largest absolute Gasteiger partial charge is 0.907 e. The first-order valence-electron chi connectivity index (χ1n) is 0.946. The summed E-state index contributed by atoms with van der Waals surface area (Å²) in [4.78, 5) is 0. The van der Waals surface area contributed by atoms with E-state index >= 15 is 0 Å². The standard InChI is InChI=1S/BO3.2BrH.Pd/c2-1(3)4;;;/h;2*1H;/q-3;;;+5/p-2. The van der Waals surface area contributed by atoms with Crippen molar-refractivity contribution in [3.05, 3.63) is 0 Å². The summed E-state index contributed by atoms with van der Waals surface area (Å²) in [5, 5.41) is 25.2. The van der Waals surface area contributed by atoms with Crippen LogP contribution < -0.4 is 15.1 Å². The summed E-state index contributed by atoms with van der Waals surface area (Å²) in [5.41, 5.74) is 0. The van der Waals surface area contributed by atoms with Gasteiger partial charge in [0.2, 0.25) is 0 Å². The Labute approximate surface area is 62.9 Å². The third-order valence-electron chi connectivity index (χ3n) is 0. The molecular formula is BBr2O3Pd. The van der Waals surface area contributed by atoms with E-state index in [-0.39, 0.29) is 0 Å². The maximum absolute atomic E-state index is 8.42. The first-order valence-corrected chi connectivity index (χ1v) is 8.06. The fourth-order valence-corrected chi connectivity index (χ4v) is 0. The Morgan fingerprint density at radius 1 is 1.14 bits per heavy atom. The Morgan fingerprint density at radius 2 is 1.14 bits per heavy atom. The molecule has 0 saturated carbocycles. The molecule has 7 heteroatoms. The van der Waals surface area contributed by atoms with Gasteiger partial charge in [-0.1, -0.05) is 0 Å². The number of halogens is 2. The third-order valence-corrected chi connectivity index (χ3v) is 0. The van der Waals surface area contributed by atoms with Crippen LogP contribution in [0.5, 0.6) is 0 Å². The fraction of sp³-hybridized carbons (Fsp3) is 0. The zero-order valence-corrected chi connectivity index (χ0v) is 7.60. The molecule has 0 aromatic carbocycles. The van der Waals surface area contributed by atoms with Gasteiger partial charge in [-0.15, -0.1) is 0 Å². The molecule has 0 rings (SSSR count). The molecule has 0 aromatic heterocycles. The van der Waals surface area contributed by atoms with Crippen molar-refractivity contribution in [1.82, 2.24) is 0 Å². The van der Waals surface area contributed by atoms with Gasteiger partial charge in [-0.3, -0.25) is 7.32 Å². The van der Waals surface area contributed by atoms with E-state index in [0.29, 0.717) is 13.9 Å². The van der Waals surface area contributed by atoms with E-state index < -0.39 is 7.32 Å². The van der Waals surface area contributed by atoms with Crippen LogP contribution in [0.15, 0.2) is 0 Å². The van der Waals surface area contributed by atoms with Crippen molar-refractivity contribution < 1.29 is 29.0 Å². The van der Waals surface area contributed by atoms with E-state index in [1.165, 1.54) is 0 Å². The van der Waals surface area contributed by atoms with Crippen LogP contribution in [0, 0.1) is 0 Å². The summed E-state index contributed by atoms with van der Waals surface area (Å²) >= 11 is 6.80. The zero-order valence-electron chi connectivity index (χ0n) is 2.87. The molecule has 0 aliphatic rings. The Morgan fingerprint density at radius 3 is 1.14 bits per heavy atom. The molecule has 3 nitrogen and oxygen atoms in total. The topological polar surface area (TPSA) is 69.2 Å². The van der Waals surface area contributed by atoms with Gasteiger partial charge in [0.1, 0.15) is 0 Å². The van der Waals surface area contributed by atoms with E-state index in [0.717, 1.165) is 0 Å². The Hall–Kier alpha value is 1.57. The third kappa shape index (κ3) is 95.5. The molecule has 0 aliphatic heterocycles. The van der Waals surface area contributed by atoms with Gasteiger partial charge in [0.05, 0.1) is 0 Å². The molecule has 0 heterocycles. The molecule has 0 spiro atoms. The molecule has 0 bridgehead atoms. The minimum atomic E-state index is -2.92. The van der Waals surface area contributed by atoms with Crippen LogP contribution in [0.25, 0.3) is 0 Å². The summed E-state index contributed by atoms with van der Waals surface area (Å²) in [7, 11) is -2.92. The van der Waals surface area contributed by atoms with E-state index in [9.17, 15) is 0 Å². The average Bonchev–Trinajstić information content (AvgIpc) is 1.33. The maximum Gasteiger partial charge on any atom is -0.278 e. The molecule has 0 aliphatic carbocycles. The second-order valence-corrected chi connectivity index (χ2v) is 7.50. The molecular weight excluding hydrogens is 325 g/mol. The zero-order chi connectivity index (χ0) is 6.28. The first kappa shape index (κ1) is 11.4. The van der Waals surface area contributed by atoms with Crippen molar-refractivity contribution in [2.75, 3.05) is 0 Å². The molecule has 0 saturated heterocycles. The molecule has 0 atom stereocenters. The second kappa shape index (κ2) is 10.5. The molecule has 0 unspecified atom stereocenters. The fourth-order valence-electron chi connectivity index (χ4n) is 0. The number of rotatable bonds is 0. The molecule has 45 valence electrons. The van der Waals surface area contributed by atoms with Crippen molar-refractivity contribution in [3.8, 4) is 0 Å². The van der Waals surface area contributed by atoms with Gasteiger partial charge in [0.15, 0.2) is 0 Å². The number of hydrogen-bond donors (Lipinski definition) is 0. The van der Waals surface area contributed by atoms with E-state index in [1.807, 2.05) is 0 Å². The minimum Gasteiger partial charge on any atom is -0.907 e. The second-order valence-electron chi connectivity index (χ2n) is 0.334. The SMILES string of the molecule is [Br][Pd+3][Br].[O-]B([O-])[O-]. The summed E-state index contributed by atoms with van der Waals surface area (Å²) in [5.74, 6) is 0. The van der Waals surface area contributed by atoms with Gasteiger partial charge in [0, 0.05) is 0 Å². The predicted octanol–water partition coefficient (Wildman–Crippen LogP) is -2.26. The Bertz CT molecular complexity index is 24.1. The molecule has 7 heavy (non-hydrogen) atoms. The van der Waals surface area contributed by atoms with Crippen molar-refractivity contribution in [2.24, 2.45) is 0 Å². The van der Waals surface area contributed by atoms with Gasteiger partial charge >= 0.3 is 40.8 Å². The quantitative estimate of drug-likeness (QED) is 0.472. The van der Waals surface area contributed by atoms with Crippen molar-refractivity contribution in [2.45, 2.75) is 0 Å². The Kier molecular flexibility index (Phi) is 17.1. The van der Waals surface area contributed by atoms with Crippen LogP contribution >= 0.6 is 26.9 Å². The summed E-state index contributed by atoms with van der Waals surface area (Å²) < 4.78 is 0. The van der Waals surface area contributed by atoms with Crippen LogP contribution in [-0.2, 0) is 13.9 Å². The van der Waals surface area contributed by atoms with Gasteiger partial charge in [-0.05, 0) is 0 Å². The smallest absolute Gasteiger partial charge is 0.278 e. The predicted molar refractivity (Wildman–Crippen MR) is 23.6 cm³/mol. The van der Waals surface area contributed by atoms with E-state index in [2.05, 4.69) is 26.9 Å². The van der Waals surface area contributed by atoms with Crippen LogP contribution in [0.3, 0.4) is 0 Å². The van der Waals surface area contributed by atoms with E-state index in [1.54, 1.807) is 0 Å². The van der Waals surface area contributed by atoms with Gasteiger partial charge in [-0.25, -0.2) is 0 Å². The average molecular weight is 325 g/mol. The summed E-state index contributed by atoms with van der Waals surface area (Å²) in [6, 6.07) is 0. The molecule has 0 N–H and O–H groups in total. The molecule has 0 radical (unpaired) electrons. The Balaban J connectivity index is 0. The molecule has 0 fully saturated rings. The van der Waals surface area contributed by atoms with Crippen LogP contribution in [-0.4, -0.2) is 7.32 Å². The van der Waals surface area contributed by atoms with E-state index in [4.69, 9.17) is 15.1 Å². The van der Waals surface area contributed by atoms with Crippen LogP contribution in [0.2, 0.25) is 0 Å². The van der Waals surface area contributed by atoms with Gasteiger partial charge < -0.3 is 15.1 Å². The minimum absolute atomic E-state index is 0.575. The monoisotopic (exact) mass is 323 g/mol. The first-order chi connectivity index (χ1) is 3.15. The van der Waals surface area contributed by atoms with Gasteiger partial charge in [-0.2, -0.15) is 0 Å². The van der Waals surface area contributed by atoms with Crippen molar-refractivity contribution in [1.29, 1.82) is 0 Å². The normalized spacial score (nSPS) is 6.43. The van der Waals surface area contributed by atoms with Crippen molar-refractivity contribution in [3.63, 3.8) is 0 Å². The maximum atomic E-state index is 8.42.